The Kier molecular flexibility index (Phi) is 4.15. The minimum Gasteiger partial charge on any atom is -0.313 e. The Hall–Kier alpha value is -1.11. The predicted molar refractivity (Wildman–Crippen MR) is 69.2 cm³/mol. The lowest BCUT2D eigenvalue weighted by molar-refractivity contribution is 1.07. The van der Waals surface area contributed by atoms with Crippen molar-refractivity contribution in [3.63, 3.8) is 0 Å². The van der Waals surface area contributed by atoms with E-state index in [1.165, 1.54) is 17.1 Å². The molecule has 16 heavy (non-hydrogen) atoms. The van der Waals surface area contributed by atoms with Crippen LogP contribution in [0.5, 0.6) is 0 Å². The van der Waals surface area contributed by atoms with Crippen LogP contribution in [-0.4, -0.2) is 9.59 Å². The lowest BCUT2D eigenvalue weighted by atomic mass is 10.2. The maximum absolute atomic E-state index is 5.35. The smallest absolute Gasteiger partial charge is 0.148 e. The van der Waals surface area contributed by atoms with Gasteiger partial charge in [0.15, 0.2) is 0 Å². The molecule has 1 heterocycles. The fraction of sp³-hybridized carbons (Fsp3) is 0.200. The van der Waals surface area contributed by atoms with Crippen molar-refractivity contribution >= 4 is 28.3 Å². The van der Waals surface area contributed by atoms with Gasteiger partial charge in [0.2, 0.25) is 0 Å². The number of aromatic nitrogens is 2. The molecule has 0 fully saturated rings. The first-order valence-corrected chi connectivity index (χ1v) is 6.72. The van der Waals surface area contributed by atoms with Gasteiger partial charge in [-0.1, -0.05) is 34.8 Å². The zero-order valence-corrected chi connectivity index (χ0v) is 10.2. The van der Waals surface area contributed by atoms with Crippen LogP contribution in [0.15, 0.2) is 30.3 Å². The number of hydrogen-bond acceptors (Lipinski definition) is 6. The van der Waals surface area contributed by atoms with E-state index in [0.717, 1.165) is 22.2 Å². The summed E-state index contributed by atoms with van der Waals surface area (Å²) in [6.45, 7) is 0. The van der Waals surface area contributed by atoms with E-state index in [-0.39, 0.29) is 0 Å². The zero-order valence-electron chi connectivity index (χ0n) is 8.59. The number of rotatable bonds is 5. The molecule has 4 nitrogen and oxygen atoms in total. The molecular weight excluding hydrogens is 240 g/mol. The Morgan fingerprint density at radius 1 is 1.25 bits per heavy atom. The third-order valence-corrected chi connectivity index (χ3v) is 3.75. The van der Waals surface area contributed by atoms with Crippen molar-refractivity contribution < 1.29 is 0 Å². The fourth-order valence-electron chi connectivity index (χ4n) is 1.25. The second-order valence-corrected chi connectivity index (χ2v) is 4.91. The van der Waals surface area contributed by atoms with Gasteiger partial charge in [-0.15, -0.1) is 5.10 Å². The van der Waals surface area contributed by atoms with Gasteiger partial charge in [0.1, 0.15) is 10.7 Å². The highest BCUT2D eigenvalue weighted by molar-refractivity contribution is 7.97. The van der Waals surface area contributed by atoms with Crippen LogP contribution in [0.4, 0.5) is 5.00 Å². The van der Waals surface area contributed by atoms with E-state index in [1.54, 1.807) is 11.8 Å². The van der Waals surface area contributed by atoms with Gasteiger partial charge in [-0.25, -0.2) is 5.84 Å². The van der Waals surface area contributed by atoms with Gasteiger partial charge in [-0.3, -0.25) is 0 Å². The number of nitrogen functional groups attached to an aromatic ring is 1. The number of benzene rings is 1. The van der Waals surface area contributed by atoms with E-state index in [4.69, 9.17) is 5.84 Å². The molecule has 0 unspecified atom stereocenters. The molecule has 2 aromatic rings. The predicted octanol–water partition coefficient (Wildman–Crippen LogP) is 2.26. The van der Waals surface area contributed by atoms with E-state index in [1.807, 2.05) is 18.2 Å². The number of thioether (sulfide) groups is 1. The molecule has 0 amide bonds. The molecule has 3 N–H and O–H groups in total. The summed E-state index contributed by atoms with van der Waals surface area (Å²) in [5, 5.41) is 4.87. The Bertz CT molecular complexity index is 429. The first-order chi connectivity index (χ1) is 7.90. The fourth-order valence-corrected chi connectivity index (χ4v) is 2.76. The second kappa shape index (κ2) is 5.83. The molecular formula is C10H12N4S2. The summed E-state index contributed by atoms with van der Waals surface area (Å²) >= 11 is 3.09. The molecule has 1 aromatic heterocycles. The van der Waals surface area contributed by atoms with E-state index in [9.17, 15) is 0 Å². The third-order valence-electron chi connectivity index (χ3n) is 2.04. The highest BCUT2D eigenvalue weighted by Crippen LogP contribution is 2.23. The Morgan fingerprint density at radius 2 is 2.06 bits per heavy atom. The molecule has 0 aliphatic rings. The van der Waals surface area contributed by atoms with Crippen molar-refractivity contribution in [2.24, 2.45) is 5.84 Å². The zero-order chi connectivity index (χ0) is 11.2. The van der Waals surface area contributed by atoms with Crippen LogP contribution in [0.1, 0.15) is 11.3 Å². The first-order valence-electron chi connectivity index (χ1n) is 4.79. The number of nitrogens with two attached hydrogens (primary N) is 1. The van der Waals surface area contributed by atoms with Crippen molar-refractivity contribution in [3.8, 4) is 0 Å². The standard InChI is InChI=1S/C10H12N4S2/c11-12-10-9(13-14-16-10)7-15-6-8-4-2-1-3-5-8/h1-5,12H,6-7,11H2. The Morgan fingerprint density at radius 3 is 2.81 bits per heavy atom. The molecule has 0 aliphatic carbocycles. The summed E-state index contributed by atoms with van der Waals surface area (Å²) in [5.41, 5.74) is 4.85. The molecule has 0 atom stereocenters. The topological polar surface area (TPSA) is 63.8 Å². The van der Waals surface area contributed by atoms with Crippen LogP contribution in [0.2, 0.25) is 0 Å². The van der Waals surface area contributed by atoms with Crippen molar-refractivity contribution in [2.75, 3.05) is 5.43 Å². The van der Waals surface area contributed by atoms with Crippen LogP contribution >= 0.6 is 23.3 Å². The van der Waals surface area contributed by atoms with Crippen molar-refractivity contribution in [2.45, 2.75) is 11.5 Å². The quantitative estimate of drug-likeness (QED) is 0.631. The second-order valence-electron chi connectivity index (χ2n) is 3.17. The summed E-state index contributed by atoms with van der Waals surface area (Å²) < 4.78 is 3.85. The van der Waals surface area contributed by atoms with Crippen LogP contribution in [0.3, 0.4) is 0 Å². The summed E-state index contributed by atoms with van der Waals surface area (Å²) in [4.78, 5) is 0. The Balaban J connectivity index is 1.85. The van der Waals surface area contributed by atoms with E-state index in [0.29, 0.717) is 0 Å². The van der Waals surface area contributed by atoms with Crippen LogP contribution in [0, 0.1) is 0 Å². The van der Waals surface area contributed by atoms with Crippen molar-refractivity contribution in [1.82, 2.24) is 9.59 Å². The van der Waals surface area contributed by atoms with Gasteiger partial charge >= 0.3 is 0 Å². The SMILES string of the molecule is NNc1snnc1CSCc1ccccc1. The van der Waals surface area contributed by atoms with Crippen LogP contribution < -0.4 is 11.3 Å². The summed E-state index contributed by atoms with van der Waals surface area (Å²) in [7, 11) is 0. The van der Waals surface area contributed by atoms with Crippen LogP contribution in [-0.2, 0) is 11.5 Å². The average Bonchev–Trinajstić information content (AvgIpc) is 2.78. The molecule has 0 saturated heterocycles. The Labute approximate surface area is 102 Å². The largest absolute Gasteiger partial charge is 0.313 e. The number of anilines is 1. The minimum atomic E-state index is 0.824. The van der Waals surface area contributed by atoms with Gasteiger partial charge in [0.25, 0.3) is 0 Å². The van der Waals surface area contributed by atoms with Gasteiger partial charge < -0.3 is 5.43 Å². The first kappa shape index (κ1) is 11.4. The van der Waals surface area contributed by atoms with Crippen molar-refractivity contribution in [1.29, 1.82) is 0 Å². The van der Waals surface area contributed by atoms with Gasteiger partial charge in [-0.05, 0) is 5.56 Å². The maximum Gasteiger partial charge on any atom is 0.148 e. The molecule has 0 aliphatic heterocycles. The summed E-state index contributed by atoms with van der Waals surface area (Å²) in [6, 6.07) is 10.4. The molecule has 0 radical (unpaired) electrons. The van der Waals surface area contributed by atoms with E-state index in [2.05, 4.69) is 27.1 Å². The molecule has 2 rings (SSSR count). The number of hydrogen-bond donors (Lipinski definition) is 2. The highest BCUT2D eigenvalue weighted by Gasteiger charge is 2.05. The molecule has 0 bridgehead atoms. The molecule has 0 spiro atoms. The van der Waals surface area contributed by atoms with Gasteiger partial charge in [0.05, 0.1) is 0 Å². The summed E-state index contributed by atoms with van der Waals surface area (Å²) in [6.07, 6.45) is 0. The van der Waals surface area contributed by atoms with Gasteiger partial charge in [0, 0.05) is 23.0 Å². The highest BCUT2D eigenvalue weighted by atomic mass is 32.2. The lowest BCUT2D eigenvalue weighted by Crippen LogP contribution is -2.06. The normalized spacial score (nSPS) is 10.3. The molecule has 0 saturated carbocycles. The van der Waals surface area contributed by atoms with Gasteiger partial charge in [-0.2, -0.15) is 11.8 Å². The monoisotopic (exact) mass is 252 g/mol. The number of nitrogens with one attached hydrogen (secondary N) is 1. The van der Waals surface area contributed by atoms with E-state index >= 15 is 0 Å². The molecule has 6 heteroatoms. The maximum atomic E-state index is 5.35. The van der Waals surface area contributed by atoms with Crippen LogP contribution in [0.25, 0.3) is 0 Å². The number of nitrogens with zero attached hydrogens (tertiary/aromatic N) is 2. The van der Waals surface area contributed by atoms with E-state index < -0.39 is 0 Å². The number of hydrazine groups is 1. The molecule has 1 aromatic carbocycles. The average molecular weight is 252 g/mol. The summed E-state index contributed by atoms with van der Waals surface area (Å²) in [5.74, 6) is 7.15. The molecule has 84 valence electrons. The van der Waals surface area contributed by atoms with Crippen molar-refractivity contribution in [3.05, 3.63) is 41.6 Å². The minimum absolute atomic E-state index is 0.824. The third kappa shape index (κ3) is 2.94. The lowest BCUT2D eigenvalue weighted by Gasteiger charge is -2.01.